The van der Waals surface area contributed by atoms with Gasteiger partial charge in [-0.2, -0.15) is 0 Å². The highest BCUT2D eigenvalue weighted by atomic mass is 16.5. The van der Waals surface area contributed by atoms with Gasteiger partial charge in [0.2, 0.25) is 0 Å². The summed E-state index contributed by atoms with van der Waals surface area (Å²) in [6.07, 6.45) is 7.03. The van der Waals surface area contributed by atoms with Crippen molar-refractivity contribution in [2.75, 3.05) is 18.0 Å². The van der Waals surface area contributed by atoms with Crippen molar-refractivity contribution in [2.24, 2.45) is 0 Å². The van der Waals surface area contributed by atoms with Crippen molar-refractivity contribution >= 4 is 23.6 Å². The molecule has 0 unspecified atom stereocenters. The van der Waals surface area contributed by atoms with Gasteiger partial charge in [-0.05, 0) is 75.8 Å². The third-order valence-electron chi connectivity index (χ3n) is 4.90. The summed E-state index contributed by atoms with van der Waals surface area (Å²) in [7, 11) is 0. The number of phenolic OH excluding ortho intramolecular Hbond substituents is 1. The average Bonchev–Trinajstić information content (AvgIpc) is 2.67. The SMILES string of the molecule is CCN(CC)c1ccc(/C=C/C(=O)c2ccc(O)c3c2OC(C)(C)C=C3)cc1. The summed E-state index contributed by atoms with van der Waals surface area (Å²) >= 11 is 0. The van der Waals surface area contributed by atoms with Crippen LogP contribution in [0.3, 0.4) is 0 Å². The van der Waals surface area contributed by atoms with Crippen LogP contribution in [-0.4, -0.2) is 29.6 Å². The Bertz CT molecular complexity index is 920. The third kappa shape index (κ3) is 4.11. The molecule has 0 amide bonds. The number of aromatic hydroxyl groups is 1. The Morgan fingerprint density at radius 3 is 2.43 bits per heavy atom. The lowest BCUT2D eigenvalue weighted by molar-refractivity contribution is 0.103. The lowest BCUT2D eigenvalue weighted by atomic mass is 9.97. The summed E-state index contributed by atoms with van der Waals surface area (Å²) in [5.74, 6) is 0.378. The first-order valence-corrected chi connectivity index (χ1v) is 9.66. The number of carbonyl (C=O) groups is 1. The highest BCUT2D eigenvalue weighted by Gasteiger charge is 2.27. The van der Waals surface area contributed by atoms with Crippen LogP contribution in [0.15, 0.2) is 48.6 Å². The van der Waals surface area contributed by atoms with Gasteiger partial charge in [0.1, 0.15) is 17.1 Å². The molecular formula is C24H27NO3. The molecule has 2 aromatic rings. The topological polar surface area (TPSA) is 49.8 Å². The molecule has 2 aromatic carbocycles. The molecule has 0 saturated carbocycles. The molecule has 0 atom stereocenters. The molecule has 0 radical (unpaired) electrons. The quantitative estimate of drug-likeness (QED) is 0.547. The Balaban J connectivity index is 1.83. The number of ketones is 1. The number of phenols is 1. The summed E-state index contributed by atoms with van der Waals surface area (Å²) in [5.41, 5.74) is 2.59. The number of fused-ring (bicyclic) bond motifs is 1. The minimum absolute atomic E-state index is 0.106. The monoisotopic (exact) mass is 377 g/mol. The van der Waals surface area contributed by atoms with Crippen molar-refractivity contribution in [3.8, 4) is 11.5 Å². The molecule has 1 aliphatic rings. The molecule has 1 aliphatic heterocycles. The van der Waals surface area contributed by atoms with Gasteiger partial charge in [-0.3, -0.25) is 4.79 Å². The Labute approximate surface area is 166 Å². The highest BCUT2D eigenvalue weighted by molar-refractivity contribution is 6.09. The molecule has 0 spiro atoms. The minimum Gasteiger partial charge on any atom is -0.507 e. The smallest absolute Gasteiger partial charge is 0.189 e. The molecule has 0 aromatic heterocycles. The Morgan fingerprint density at radius 1 is 1.11 bits per heavy atom. The molecule has 1 heterocycles. The second-order valence-corrected chi connectivity index (χ2v) is 7.38. The second-order valence-electron chi connectivity index (χ2n) is 7.38. The highest BCUT2D eigenvalue weighted by Crippen LogP contribution is 2.39. The lowest BCUT2D eigenvalue weighted by Gasteiger charge is -2.29. The number of hydrogen-bond donors (Lipinski definition) is 1. The predicted octanol–water partition coefficient (Wildman–Crippen LogP) is 5.32. The third-order valence-corrected chi connectivity index (χ3v) is 4.90. The van der Waals surface area contributed by atoms with Crippen LogP contribution in [0, 0.1) is 0 Å². The maximum absolute atomic E-state index is 12.8. The van der Waals surface area contributed by atoms with Crippen molar-refractivity contribution in [2.45, 2.75) is 33.3 Å². The van der Waals surface area contributed by atoms with Crippen LogP contribution >= 0.6 is 0 Å². The number of benzene rings is 2. The van der Waals surface area contributed by atoms with E-state index < -0.39 is 5.60 Å². The first kappa shape index (κ1) is 19.7. The van der Waals surface area contributed by atoms with Crippen LogP contribution in [0.25, 0.3) is 12.2 Å². The molecule has 0 saturated heterocycles. The van der Waals surface area contributed by atoms with Crippen molar-refractivity contribution in [3.63, 3.8) is 0 Å². The van der Waals surface area contributed by atoms with Crippen molar-refractivity contribution in [1.82, 2.24) is 0 Å². The molecule has 4 heteroatoms. The molecule has 1 N–H and O–H groups in total. The molecule has 0 bridgehead atoms. The number of ether oxygens (including phenoxy) is 1. The summed E-state index contributed by atoms with van der Waals surface area (Å²) in [5, 5.41) is 10.1. The van der Waals surface area contributed by atoms with E-state index in [4.69, 9.17) is 4.74 Å². The second kappa shape index (κ2) is 7.93. The Morgan fingerprint density at radius 2 is 1.79 bits per heavy atom. The van der Waals surface area contributed by atoms with Crippen molar-refractivity contribution in [1.29, 1.82) is 0 Å². The maximum atomic E-state index is 12.8. The van der Waals surface area contributed by atoms with E-state index in [9.17, 15) is 9.90 Å². The number of hydrogen-bond acceptors (Lipinski definition) is 4. The normalized spacial score (nSPS) is 14.6. The molecule has 0 fully saturated rings. The van der Waals surface area contributed by atoms with Crippen molar-refractivity contribution < 1.29 is 14.6 Å². The standard InChI is InChI=1S/C24H27NO3/c1-5-25(6-2)18-10-7-17(8-11-18)9-13-21(26)19-12-14-22(27)20-15-16-24(3,4)28-23(19)20/h7-16,27H,5-6H2,1-4H3/b13-9+. The molecule has 146 valence electrons. The first-order valence-electron chi connectivity index (χ1n) is 9.66. The van der Waals surface area contributed by atoms with Gasteiger partial charge in [0.15, 0.2) is 5.78 Å². The average molecular weight is 377 g/mol. The van der Waals surface area contributed by atoms with Gasteiger partial charge < -0.3 is 14.7 Å². The molecular weight excluding hydrogens is 350 g/mol. The van der Waals surface area contributed by atoms with Crippen LogP contribution in [0.1, 0.15) is 49.2 Å². The van der Waals surface area contributed by atoms with E-state index in [-0.39, 0.29) is 11.5 Å². The van der Waals surface area contributed by atoms with E-state index in [1.807, 2.05) is 32.1 Å². The largest absolute Gasteiger partial charge is 0.507 e. The number of rotatable bonds is 6. The van der Waals surface area contributed by atoms with E-state index >= 15 is 0 Å². The van der Waals surface area contributed by atoms with Crippen LogP contribution < -0.4 is 9.64 Å². The molecule has 28 heavy (non-hydrogen) atoms. The zero-order chi connectivity index (χ0) is 20.3. The van der Waals surface area contributed by atoms with E-state index in [0.717, 1.165) is 18.7 Å². The van der Waals surface area contributed by atoms with Gasteiger partial charge in [0, 0.05) is 18.8 Å². The molecule has 0 aliphatic carbocycles. The number of nitrogens with zero attached hydrogens (tertiary/aromatic N) is 1. The van der Waals surface area contributed by atoms with E-state index in [1.165, 1.54) is 11.8 Å². The number of anilines is 1. The number of allylic oxidation sites excluding steroid dienone is 1. The van der Waals surface area contributed by atoms with Gasteiger partial charge in [-0.15, -0.1) is 0 Å². The van der Waals surface area contributed by atoms with Gasteiger partial charge in [-0.1, -0.05) is 18.2 Å². The number of carbonyl (C=O) groups excluding carboxylic acids is 1. The lowest BCUT2D eigenvalue weighted by Crippen LogP contribution is -2.28. The molecule has 4 nitrogen and oxygen atoms in total. The van der Waals surface area contributed by atoms with E-state index in [1.54, 1.807) is 24.3 Å². The Hall–Kier alpha value is -3.01. The molecule has 3 rings (SSSR count). The summed E-state index contributed by atoms with van der Waals surface area (Å²) in [6.45, 7) is 10.0. The van der Waals surface area contributed by atoms with Crippen LogP contribution in [0.5, 0.6) is 11.5 Å². The predicted molar refractivity (Wildman–Crippen MR) is 115 cm³/mol. The Kier molecular flexibility index (Phi) is 5.59. The maximum Gasteiger partial charge on any atom is 0.189 e. The van der Waals surface area contributed by atoms with Gasteiger partial charge in [0.05, 0.1) is 11.1 Å². The van der Waals surface area contributed by atoms with Crippen LogP contribution in [-0.2, 0) is 0 Å². The van der Waals surface area contributed by atoms with Gasteiger partial charge >= 0.3 is 0 Å². The van der Waals surface area contributed by atoms with Gasteiger partial charge in [0.25, 0.3) is 0 Å². The van der Waals surface area contributed by atoms with E-state index in [2.05, 4.69) is 30.9 Å². The zero-order valence-electron chi connectivity index (χ0n) is 16.9. The summed E-state index contributed by atoms with van der Waals surface area (Å²) < 4.78 is 5.96. The zero-order valence-corrected chi connectivity index (χ0v) is 16.9. The first-order chi connectivity index (χ1) is 13.3. The minimum atomic E-state index is -0.528. The fourth-order valence-corrected chi connectivity index (χ4v) is 3.28. The van der Waals surface area contributed by atoms with Crippen LogP contribution in [0.2, 0.25) is 0 Å². The fourth-order valence-electron chi connectivity index (χ4n) is 3.28. The van der Waals surface area contributed by atoms with Gasteiger partial charge in [-0.25, -0.2) is 0 Å². The van der Waals surface area contributed by atoms with E-state index in [0.29, 0.717) is 16.9 Å². The van der Waals surface area contributed by atoms with Crippen molar-refractivity contribution in [3.05, 3.63) is 65.2 Å². The fraction of sp³-hybridized carbons (Fsp3) is 0.292. The summed E-state index contributed by atoms with van der Waals surface area (Å²) in [4.78, 5) is 15.1. The summed E-state index contributed by atoms with van der Waals surface area (Å²) in [6, 6.07) is 11.3. The van der Waals surface area contributed by atoms with Crippen LogP contribution in [0.4, 0.5) is 5.69 Å².